The molecule has 1 amide bonds. The lowest BCUT2D eigenvalue weighted by atomic mass is 10.1. The maximum atomic E-state index is 12.8. The van der Waals surface area contributed by atoms with E-state index in [0.29, 0.717) is 12.0 Å². The number of carbonyl (C=O) groups excluding carboxylic acids is 1. The normalized spacial score (nSPS) is 14.9. The summed E-state index contributed by atoms with van der Waals surface area (Å²) < 4.78 is 38.4. The van der Waals surface area contributed by atoms with Gasteiger partial charge in [0.1, 0.15) is 5.88 Å². The number of alkyl halides is 4. The van der Waals surface area contributed by atoms with E-state index < -0.39 is 17.6 Å². The predicted molar refractivity (Wildman–Crippen MR) is 58.2 cm³/mol. The van der Waals surface area contributed by atoms with Crippen LogP contribution in [0.2, 0.25) is 0 Å². The number of hydrogen-bond acceptors (Lipinski definition) is 1. The highest BCUT2D eigenvalue weighted by Crippen LogP contribution is 2.41. The van der Waals surface area contributed by atoms with Gasteiger partial charge in [0.15, 0.2) is 0 Å². The summed E-state index contributed by atoms with van der Waals surface area (Å²) in [5.74, 6) is -0.812. The molecule has 0 saturated carbocycles. The number of amides is 1. The predicted octanol–water partition coefficient (Wildman–Crippen LogP) is 2.83. The molecule has 0 N–H and O–H groups in total. The average Bonchev–Trinajstić information content (AvgIpc) is 2.70. The summed E-state index contributed by atoms with van der Waals surface area (Å²) in [6.07, 6.45) is -4.03. The number of rotatable bonds is 1. The molecular weight excluding hydrogens is 255 g/mol. The third-order valence-electron chi connectivity index (χ3n) is 2.72. The van der Waals surface area contributed by atoms with Crippen molar-refractivity contribution in [2.45, 2.75) is 12.6 Å². The first-order valence-corrected chi connectivity index (χ1v) is 5.54. The van der Waals surface area contributed by atoms with Crippen LogP contribution in [0.3, 0.4) is 0 Å². The zero-order valence-electron chi connectivity index (χ0n) is 8.72. The second-order valence-electron chi connectivity index (χ2n) is 3.74. The Morgan fingerprint density at radius 3 is 2.71 bits per heavy atom. The van der Waals surface area contributed by atoms with Crippen molar-refractivity contribution in [1.29, 1.82) is 0 Å². The largest absolute Gasteiger partial charge is 0.418 e. The Morgan fingerprint density at radius 2 is 2.12 bits per heavy atom. The second kappa shape index (κ2) is 4.22. The van der Waals surface area contributed by atoms with Gasteiger partial charge in [-0.25, -0.2) is 0 Å². The van der Waals surface area contributed by atoms with Crippen molar-refractivity contribution in [1.82, 2.24) is 0 Å². The van der Waals surface area contributed by atoms with Crippen molar-refractivity contribution in [2.24, 2.45) is 0 Å². The summed E-state index contributed by atoms with van der Waals surface area (Å²) in [5.41, 5.74) is -0.269. The highest BCUT2D eigenvalue weighted by Gasteiger charge is 2.38. The SMILES string of the molecule is O=C(CCl)N1CCc2cccc(C(F)(F)F)c21. The lowest BCUT2D eigenvalue weighted by molar-refractivity contribution is -0.137. The standard InChI is InChI=1S/C11H9ClF3NO/c12-6-9(17)16-5-4-7-2-1-3-8(10(7)16)11(13,14)15/h1-3H,4-6H2. The first-order valence-electron chi connectivity index (χ1n) is 5.00. The molecule has 0 saturated heterocycles. The van der Waals surface area contributed by atoms with Crippen LogP contribution in [0.1, 0.15) is 11.1 Å². The molecule has 1 heterocycles. The zero-order chi connectivity index (χ0) is 12.6. The van der Waals surface area contributed by atoms with E-state index in [1.165, 1.54) is 6.07 Å². The van der Waals surface area contributed by atoms with Gasteiger partial charge in [0.05, 0.1) is 11.3 Å². The minimum Gasteiger partial charge on any atom is -0.310 e. The van der Waals surface area contributed by atoms with E-state index in [-0.39, 0.29) is 18.1 Å². The molecule has 0 atom stereocenters. The molecule has 92 valence electrons. The maximum Gasteiger partial charge on any atom is 0.418 e. The molecule has 1 aromatic rings. The van der Waals surface area contributed by atoms with Gasteiger partial charge in [-0.2, -0.15) is 13.2 Å². The molecule has 0 bridgehead atoms. The van der Waals surface area contributed by atoms with E-state index in [9.17, 15) is 18.0 Å². The van der Waals surface area contributed by atoms with Crippen LogP contribution in [0.15, 0.2) is 18.2 Å². The summed E-state index contributed by atoms with van der Waals surface area (Å²) in [5, 5.41) is 0. The fourth-order valence-electron chi connectivity index (χ4n) is 2.01. The highest BCUT2D eigenvalue weighted by molar-refractivity contribution is 6.29. The Kier molecular flexibility index (Phi) is 3.03. The lowest BCUT2D eigenvalue weighted by Gasteiger charge is -2.20. The van der Waals surface area contributed by atoms with Gasteiger partial charge in [0, 0.05) is 6.54 Å². The molecule has 1 aromatic carbocycles. The number of nitrogens with zero attached hydrogens (tertiary/aromatic N) is 1. The van der Waals surface area contributed by atoms with Gasteiger partial charge in [-0.05, 0) is 18.1 Å². The molecule has 0 spiro atoms. The van der Waals surface area contributed by atoms with Crippen molar-refractivity contribution in [3.63, 3.8) is 0 Å². The molecule has 2 rings (SSSR count). The Hall–Kier alpha value is -1.23. The second-order valence-corrected chi connectivity index (χ2v) is 4.01. The van der Waals surface area contributed by atoms with Crippen molar-refractivity contribution in [3.05, 3.63) is 29.3 Å². The van der Waals surface area contributed by atoms with E-state index in [1.807, 2.05) is 0 Å². The van der Waals surface area contributed by atoms with Crippen LogP contribution in [0.4, 0.5) is 18.9 Å². The number of benzene rings is 1. The van der Waals surface area contributed by atoms with Crippen molar-refractivity contribution in [3.8, 4) is 0 Å². The van der Waals surface area contributed by atoms with Gasteiger partial charge >= 0.3 is 6.18 Å². The fourth-order valence-corrected chi connectivity index (χ4v) is 2.15. The minimum atomic E-state index is -4.46. The molecule has 6 heteroatoms. The van der Waals surface area contributed by atoms with E-state index in [0.717, 1.165) is 11.0 Å². The van der Waals surface area contributed by atoms with E-state index in [4.69, 9.17) is 11.6 Å². The van der Waals surface area contributed by atoms with Crippen LogP contribution >= 0.6 is 11.6 Å². The summed E-state index contributed by atoms with van der Waals surface area (Å²) in [6.45, 7) is 0.258. The molecule has 1 aliphatic heterocycles. The fraction of sp³-hybridized carbons (Fsp3) is 0.364. The summed E-state index contributed by atoms with van der Waals surface area (Å²) >= 11 is 5.39. The van der Waals surface area contributed by atoms with Crippen LogP contribution in [0, 0.1) is 0 Å². The number of fused-ring (bicyclic) bond motifs is 1. The topological polar surface area (TPSA) is 20.3 Å². The van der Waals surface area contributed by atoms with Crippen molar-refractivity contribution >= 4 is 23.2 Å². The van der Waals surface area contributed by atoms with Gasteiger partial charge in [-0.15, -0.1) is 11.6 Å². The molecule has 0 unspecified atom stereocenters. The monoisotopic (exact) mass is 263 g/mol. The van der Waals surface area contributed by atoms with Crippen LogP contribution < -0.4 is 4.90 Å². The quantitative estimate of drug-likeness (QED) is 0.714. The minimum absolute atomic E-state index is 0.0364. The van der Waals surface area contributed by atoms with Crippen LogP contribution in [-0.2, 0) is 17.4 Å². The summed E-state index contributed by atoms with van der Waals surface area (Å²) in [6, 6.07) is 3.95. The average molecular weight is 264 g/mol. The maximum absolute atomic E-state index is 12.8. The Bertz CT molecular complexity index is 459. The zero-order valence-corrected chi connectivity index (χ0v) is 9.48. The number of halogens is 4. The number of para-hydroxylation sites is 1. The molecule has 0 aliphatic carbocycles. The molecule has 17 heavy (non-hydrogen) atoms. The number of carbonyl (C=O) groups is 1. The first-order chi connectivity index (χ1) is 7.95. The number of anilines is 1. The van der Waals surface area contributed by atoms with Gasteiger partial charge in [-0.1, -0.05) is 12.1 Å². The van der Waals surface area contributed by atoms with Gasteiger partial charge < -0.3 is 4.90 Å². The lowest BCUT2D eigenvalue weighted by Crippen LogP contribution is -2.31. The van der Waals surface area contributed by atoms with E-state index in [1.54, 1.807) is 6.07 Å². The molecule has 2 nitrogen and oxygen atoms in total. The van der Waals surface area contributed by atoms with Gasteiger partial charge in [-0.3, -0.25) is 4.79 Å². The smallest absolute Gasteiger partial charge is 0.310 e. The van der Waals surface area contributed by atoms with Crippen LogP contribution in [0.5, 0.6) is 0 Å². The first kappa shape index (κ1) is 12.2. The molecular formula is C11H9ClF3NO. The Morgan fingerprint density at radius 1 is 1.41 bits per heavy atom. The third-order valence-corrected chi connectivity index (χ3v) is 2.94. The summed E-state index contributed by atoms with van der Waals surface area (Å²) in [7, 11) is 0. The number of hydrogen-bond donors (Lipinski definition) is 0. The molecule has 0 radical (unpaired) electrons. The van der Waals surface area contributed by atoms with Gasteiger partial charge in [0.25, 0.3) is 0 Å². The Balaban J connectivity index is 2.53. The van der Waals surface area contributed by atoms with E-state index >= 15 is 0 Å². The highest BCUT2D eigenvalue weighted by atomic mass is 35.5. The van der Waals surface area contributed by atoms with Crippen molar-refractivity contribution < 1.29 is 18.0 Å². The molecule has 0 fully saturated rings. The van der Waals surface area contributed by atoms with Gasteiger partial charge in [0.2, 0.25) is 5.91 Å². The Labute approximate surface area is 101 Å². The summed E-state index contributed by atoms with van der Waals surface area (Å²) in [4.78, 5) is 12.6. The molecule has 0 aromatic heterocycles. The van der Waals surface area contributed by atoms with Crippen LogP contribution in [-0.4, -0.2) is 18.3 Å². The third kappa shape index (κ3) is 2.11. The van der Waals surface area contributed by atoms with E-state index in [2.05, 4.69) is 0 Å². The van der Waals surface area contributed by atoms with Crippen molar-refractivity contribution in [2.75, 3.05) is 17.3 Å². The molecule has 1 aliphatic rings. The van der Waals surface area contributed by atoms with Crippen LogP contribution in [0.25, 0.3) is 0 Å².